The van der Waals surface area contributed by atoms with E-state index in [2.05, 4.69) is 16.4 Å². The molecule has 2 fully saturated rings. The van der Waals surface area contributed by atoms with Gasteiger partial charge in [0.25, 0.3) is 0 Å². The van der Waals surface area contributed by atoms with Crippen LogP contribution in [0.3, 0.4) is 0 Å². The Morgan fingerprint density at radius 2 is 1.98 bits per heavy atom. The van der Waals surface area contributed by atoms with Crippen molar-refractivity contribution in [3.05, 3.63) is 58.2 Å². The molecule has 0 saturated heterocycles. The average Bonchev–Trinajstić information content (AvgIpc) is 3.79. The zero-order chi connectivity index (χ0) is 38.8. The van der Waals surface area contributed by atoms with Crippen molar-refractivity contribution in [2.75, 3.05) is 35.7 Å². The summed E-state index contributed by atoms with van der Waals surface area (Å²) < 4.78 is 51.3. The number of nitrogens with two attached hydrogens (primary N) is 1. The lowest BCUT2D eigenvalue weighted by molar-refractivity contribution is 0.0636. The Kier molecular flexibility index (Phi) is 9.36. The zero-order valence-electron chi connectivity index (χ0n) is 30.9. The molecule has 2 saturated carbocycles. The van der Waals surface area contributed by atoms with Crippen LogP contribution in [0.1, 0.15) is 83.4 Å². The molecule has 3 aliphatic rings. The molecule has 0 spiro atoms. The van der Waals surface area contributed by atoms with Crippen molar-refractivity contribution in [2.45, 2.75) is 77.9 Å². The van der Waals surface area contributed by atoms with Crippen LogP contribution in [0.5, 0.6) is 11.8 Å². The number of hydrogen-bond acceptors (Lipinski definition) is 11. The summed E-state index contributed by atoms with van der Waals surface area (Å²) in [4.78, 5) is 28.6. The first-order valence-corrected chi connectivity index (χ1v) is 19.6. The standard InChI is InChI=1S/C40H40ClF2N7O4S/c1-20(22-10-7-15-46-34(22)45)50-16-17-52-32-28-31(47-37(48-35(28)50)53-19-40-13-5-8-21(40)9-6-14-40)30(43)27(29(32)41)23-11-12-25(42)33-26(23)24(18-44)36(55-33)49-38(51)54-39(2,3)4/h7,10-12,15,20-21H,5-6,8-9,13-14,16-17,19H2,1-4H3,(H2,45,46)(H,49,51)/t20-,21?,40?/m1/s1. The highest BCUT2D eigenvalue weighted by Crippen LogP contribution is 2.55. The summed E-state index contributed by atoms with van der Waals surface area (Å²) >= 11 is 8.00. The summed E-state index contributed by atoms with van der Waals surface area (Å²) in [7, 11) is 0. The molecule has 3 aromatic heterocycles. The fourth-order valence-electron chi connectivity index (χ4n) is 8.69. The fourth-order valence-corrected chi connectivity index (χ4v) is 10.1. The molecule has 15 heteroatoms. The molecule has 1 aliphatic heterocycles. The number of nitrogens with zero attached hydrogens (tertiary/aromatic N) is 5. The molecule has 1 amide bonds. The van der Waals surface area contributed by atoms with E-state index >= 15 is 8.78 Å². The van der Waals surface area contributed by atoms with Gasteiger partial charge in [0.2, 0.25) is 0 Å². The van der Waals surface area contributed by atoms with Gasteiger partial charge in [-0.2, -0.15) is 15.2 Å². The van der Waals surface area contributed by atoms with Crippen molar-refractivity contribution in [3.63, 3.8) is 0 Å². The number of rotatable bonds is 7. The van der Waals surface area contributed by atoms with Gasteiger partial charge >= 0.3 is 12.1 Å². The van der Waals surface area contributed by atoms with E-state index in [0.29, 0.717) is 30.7 Å². The number of benzene rings is 2. The van der Waals surface area contributed by atoms with E-state index in [1.807, 2.05) is 17.9 Å². The number of amides is 1. The largest absolute Gasteiger partial charge is 0.489 e. The van der Waals surface area contributed by atoms with Crippen molar-refractivity contribution in [2.24, 2.45) is 11.3 Å². The normalized spacial score (nSPS) is 19.8. The smallest absolute Gasteiger partial charge is 0.412 e. The van der Waals surface area contributed by atoms with Crippen LogP contribution >= 0.6 is 22.9 Å². The number of anilines is 3. The second-order valence-electron chi connectivity index (χ2n) is 15.6. The Morgan fingerprint density at radius 3 is 2.69 bits per heavy atom. The zero-order valence-corrected chi connectivity index (χ0v) is 32.5. The molecule has 4 heterocycles. The Bertz CT molecular complexity index is 2400. The van der Waals surface area contributed by atoms with E-state index in [-0.39, 0.29) is 77.5 Å². The van der Waals surface area contributed by atoms with Crippen molar-refractivity contribution in [1.82, 2.24) is 15.0 Å². The number of fused-ring (bicyclic) bond motifs is 2. The van der Waals surface area contributed by atoms with E-state index in [1.54, 1.807) is 33.0 Å². The van der Waals surface area contributed by atoms with Crippen molar-refractivity contribution in [1.29, 1.82) is 5.26 Å². The maximum absolute atomic E-state index is 17.6. The minimum atomic E-state index is -0.835. The molecule has 286 valence electrons. The third kappa shape index (κ3) is 6.40. The Labute approximate surface area is 325 Å². The summed E-state index contributed by atoms with van der Waals surface area (Å²) in [6, 6.07) is 7.92. The molecule has 8 rings (SSSR count). The lowest BCUT2D eigenvalue weighted by Crippen LogP contribution is -2.32. The van der Waals surface area contributed by atoms with E-state index in [1.165, 1.54) is 12.1 Å². The van der Waals surface area contributed by atoms with E-state index in [0.717, 1.165) is 55.4 Å². The van der Waals surface area contributed by atoms with Gasteiger partial charge in [-0.15, -0.1) is 11.3 Å². The van der Waals surface area contributed by atoms with Crippen LogP contribution in [0, 0.1) is 34.3 Å². The van der Waals surface area contributed by atoms with Crippen molar-refractivity contribution < 1.29 is 27.8 Å². The van der Waals surface area contributed by atoms with Crippen LogP contribution in [-0.4, -0.2) is 46.4 Å². The van der Waals surface area contributed by atoms with Crippen molar-refractivity contribution in [3.8, 4) is 29.0 Å². The molecule has 55 heavy (non-hydrogen) atoms. The van der Waals surface area contributed by atoms with Gasteiger partial charge < -0.3 is 24.8 Å². The second-order valence-corrected chi connectivity index (χ2v) is 17.0. The summed E-state index contributed by atoms with van der Waals surface area (Å²) in [5.74, 6) is -0.105. The van der Waals surface area contributed by atoms with Gasteiger partial charge in [0, 0.05) is 28.1 Å². The quantitative estimate of drug-likeness (QED) is 0.163. The molecule has 11 nitrogen and oxygen atoms in total. The highest BCUT2D eigenvalue weighted by atomic mass is 35.5. The number of ether oxygens (including phenoxy) is 3. The monoisotopic (exact) mass is 787 g/mol. The molecule has 0 unspecified atom stereocenters. The number of hydrogen-bond donors (Lipinski definition) is 2. The number of pyridine rings is 1. The third-order valence-corrected chi connectivity index (χ3v) is 12.7. The van der Waals surface area contributed by atoms with E-state index < -0.39 is 23.3 Å². The maximum atomic E-state index is 17.6. The number of aromatic nitrogens is 3. The number of nitrogens with one attached hydrogen (secondary N) is 1. The summed E-state index contributed by atoms with van der Waals surface area (Å²) in [5.41, 5.74) is 6.05. The lowest BCUT2D eigenvalue weighted by atomic mass is 9.81. The van der Waals surface area contributed by atoms with Crippen molar-refractivity contribution >= 4 is 66.7 Å². The van der Waals surface area contributed by atoms with Crippen LogP contribution in [0.2, 0.25) is 5.02 Å². The second kappa shape index (κ2) is 13.9. The number of carbonyl (C=O) groups excluding carboxylic acids is 1. The molecule has 0 radical (unpaired) electrons. The van der Waals surface area contributed by atoms with E-state index in [9.17, 15) is 10.1 Å². The molecule has 5 aromatic rings. The van der Waals surface area contributed by atoms with Crippen LogP contribution in [0.15, 0.2) is 30.5 Å². The van der Waals surface area contributed by atoms with Crippen LogP contribution in [-0.2, 0) is 4.74 Å². The SMILES string of the molecule is C[C@H](c1cccnc1N)N1CCOc2c(Cl)c(-c3ccc(F)c4sc(NC(=O)OC(C)(C)C)c(C#N)c34)c(F)c3nc(OCC45CCCC4CCC5)nc1c23. The minimum absolute atomic E-state index is 0.00662. The van der Waals surface area contributed by atoms with Gasteiger partial charge in [0.1, 0.15) is 46.2 Å². The summed E-state index contributed by atoms with van der Waals surface area (Å²) in [5, 5.41) is 13.2. The Hall–Kier alpha value is -5.00. The number of nitriles is 1. The average molecular weight is 788 g/mol. The Balaban J connectivity index is 1.33. The minimum Gasteiger partial charge on any atom is -0.489 e. The first-order valence-electron chi connectivity index (χ1n) is 18.4. The van der Waals surface area contributed by atoms with Crippen LogP contribution in [0.25, 0.3) is 32.1 Å². The first-order chi connectivity index (χ1) is 26.3. The Morgan fingerprint density at radius 1 is 1.22 bits per heavy atom. The molecule has 3 N–H and O–H groups in total. The number of carbonyl (C=O) groups is 1. The van der Waals surface area contributed by atoms with E-state index in [4.69, 9.17) is 41.5 Å². The van der Waals surface area contributed by atoms with Crippen LogP contribution in [0.4, 0.5) is 30.2 Å². The molecule has 2 aliphatic carbocycles. The molecule has 1 atom stereocenters. The number of nitrogen functional groups attached to an aromatic ring is 1. The highest BCUT2D eigenvalue weighted by molar-refractivity contribution is 7.23. The van der Waals surface area contributed by atoms with Crippen LogP contribution < -0.4 is 25.4 Å². The molecular formula is C40H40ClF2N7O4S. The summed E-state index contributed by atoms with van der Waals surface area (Å²) in [6.07, 6.45) is 7.51. The van der Waals surface area contributed by atoms with Gasteiger partial charge in [-0.3, -0.25) is 5.32 Å². The topological polar surface area (TPSA) is 149 Å². The predicted octanol–water partition coefficient (Wildman–Crippen LogP) is 9.95. The lowest BCUT2D eigenvalue weighted by Gasteiger charge is -2.31. The highest BCUT2D eigenvalue weighted by Gasteiger charge is 2.47. The maximum Gasteiger partial charge on any atom is 0.412 e. The number of halogens is 3. The third-order valence-electron chi connectivity index (χ3n) is 11.2. The van der Waals surface area contributed by atoms with Gasteiger partial charge in [-0.25, -0.2) is 18.6 Å². The van der Waals surface area contributed by atoms with Gasteiger partial charge in [-0.05, 0) is 77.0 Å². The first kappa shape index (κ1) is 36.9. The number of thiophene rings is 1. The predicted molar refractivity (Wildman–Crippen MR) is 209 cm³/mol. The van der Waals surface area contributed by atoms with Gasteiger partial charge in [0.05, 0.1) is 39.9 Å². The molecular weight excluding hydrogens is 748 g/mol. The molecule has 0 bridgehead atoms. The van der Waals surface area contributed by atoms with Gasteiger partial charge in [-0.1, -0.05) is 36.6 Å². The molecule has 2 aromatic carbocycles. The summed E-state index contributed by atoms with van der Waals surface area (Å²) in [6.45, 7) is 7.90. The van der Waals surface area contributed by atoms with Gasteiger partial charge in [0.15, 0.2) is 11.6 Å². The fraction of sp³-hybridized carbons (Fsp3) is 0.425.